The molecule has 0 radical (unpaired) electrons. The summed E-state index contributed by atoms with van der Waals surface area (Å²) in [6.07, 6.45) is 0. The van der Waals surface area contributed by atoms with Crippen LogP contribution in [0.5, 0.6) is 0 Å². The average Bonchev–Trinajstić information content (AvgIpc) is 0.811. The fourth-order valence-corrected chi connectivity index (χ4v) is 0. The van der Waals surface area contributed by atoms with Crippen LogP contribution in [0, 0.1) is 0 Å². The second kappa shape index (κ2) is 10.2. The molecule has 3 nitrogen and oxygen atoms in total. The SMILES string of the molecule is O=[PH](O)O.[NaH].[NaH]. The topological polar surface area (TPSA) is 57.5 Å². The van der Waals surface area contributed by atoms with E-state index in [4.69, 9.17) is 14.4 Å². The van der Waals surface area contributed by atoms with Crippen molar-refractivity contribution >= 4 is 67.4 Å². The first kappa shape index (κ1) is 15.7. The standard InChI is InChI=1S/2Na.H3O3P.2H/c;;1-4(2)3;;/h;;4H,(H2,1,2,3);;. The summed E-state index contributed by atoms with van der Waals surface area (Å²) in [6.45, 7) is 0. The van der Waals surface area contributed by atoms with E-state index < -0.39 is 8.25 Å². The van der Waals surface area contributed by atoms with Crippen LogP contribution in [0.4, 0.5) is 0 Å². The molecule has 6 heteroatoms. The second-order valence-corrected chi connectivity index (χ2v) is 0.848. The van der Waals surface area contributed by atoms with Gasteiger partial charge in [-0.2, -0.15) is 0 Å². The molecule has 0 amide bonds. The molecule has 0 unspecified atom stereocenters. The molecule has 0 aromatic rings. The van der Waals surface area contributed by atoms with Gasteiger partial charge in [0.1, 0.15) is 0 Å². The molecule has 2 N–H and O–H groups in total. The maximum atomic E-state index is 8.74. The van der Waals surface area contributed by atoms with E-state index in [0.717, 1.165) is 0 Å². The minimum absolute atomic E-state index is 0. The molecule has 0 aromatic carbocycles. The van der Waals surface area contributed by atoms with Gasteiger partial charge in [-0.15, -0.1) is 0 Å². The molecule has 0 spiro atoms. The van der Waals surface area contributed by atoms with E-state index in [-0.39, 0.29) is 59.1 Å². The Balaban J connectivity index is -0.0000000450. The zero-order valence-electron chi connectivity index (χ0n) is 1.80. The molecule has 0 rings (SSSR count). The van der Waals surface area contributed by atoms with Gasteiger partial charge in [0.15, 0.2) is 0 Å². The first-order valence-electron chi connectivity index (χ1n) is 0.651. The summed E-state index contributed by atoms with van der Waals surface area (Å²) < 4.78 is 8.74. The third kappa shape index (κ3) is 35.3. The maximum absolute atomic E-state index is 8.74. The van der Waals surface area contributed by atoms with Gasteiger partial charge in [0, 0.05) is 0 Å². The van der Waals surface area contributed by atoms with Crippen LogP contribution in [0.25, 0.3) is 0 Å². The molecule has 6 heavy (non-hydrogen) atoms. The molecule has 0 heterocycles. The zero-order valence-corrected chi connectivity index (χ0v) is 2.80. The average molecular weight is 130 g/mol. The number of hydrogen-bond donors (Lipinski definition) is 2. The summed E-state index contributed by atoms with van der Waals surface area (Å²) in [5, 5.41) is 0. The van der Waals surface area contributed by atoms with Crippen LogP contribution in [0.1, 0.15) is 0 Å². The predicted molar refractivity (Wildman–Crippen MR) is 27.7 cm³/mol. The molecule has 30 valence electrons. The molecular weight excluding hydrogens is 125 g/mol. The van der Waals surface area contributed by atoms with Crippen LogP contribution < -0.4 is 0 Å². The van der Waals surface area contributed by atoms with Crippen molar-refractivity contribution in [1.29, 1.82) is 0 Å². The predicted octanol–water partition coefficient (Wildman–Crippen LogP) is -1.94. The quantitative estimate of drug-likeness (QED) is 0.296. The molecule has 0 saturated heterocycles. The summed E-state index contributed by atoms with van der Waals surface area (Å²) in [5.74, 6) is 0. The van der Waals surface area contributed by atoms with Gasteiger partial charge < -0.3 is 9.79 Å². The molecule has 0 aliphatic carbocycles. The summed E-state index contributed by atoms with van der Waals surface area (Å²) in [6, 6.07) is 0. The Bertz CT molecular complexity index is 31.8. The third-order valence-corrected chi connectivity index (χ3v) is 0. The minimum atomic E-state index is -3.13. The van der Waals surface area contributed by atoms with Crippen molar-refractivity contribution in [2.75, 3.05) is 0 Å². The van der Waals surface area contributed by atoms with Gasteiger partial charge in [0.25, 0.3) is 0 Å². The molecule has 0 aromatic heterocycles. The van der Waals surface area contributed by atoms with Crippen molar-refractivity contribution in [3.8, 4) is 0 Å². The summed E-state index contributed by atoms with van der Waals surface area (Å²) >= 11 is 0. The van der Waals surface area contributed by atoms with Gasteiger partial charge in [-0.3, -0.25) is 4.57 Å². The normalized spacial score (nSPS) is 5.83. The molecule has 0 fully saturated rings. The first-order chi connectivity index (χ1) is 1.73. The van der Waals surface area contributed by atoms with E-state index in [1.807, 2.05) is 0 Å². The van der Waals surface area contributed by atoms with E-state index in [0.29, 0.717) is 0 Å². The molecule has 0 bridgehead atoms. The Labute approximate surface area is 80.7 Å². The van der Waals surface area contributed by atoms with E-state index >= 15 is 0 Å². The van der Waals surface area contributed by atoms with E-state index in [9.17, 15) is 0 Å². The number of rotatable bonds is 0. The van der Waals surface area contributed by atoms with Crippen molar-refractivity contribution in [2.45, 2.75) is 0 Å². The van der Waals surface area contributed by atoms with Gasteiger partial charge in [-0.25, -0.2) is 0 Å². The second-order valence-electron chi connectivity index (χ2n) is 0.283. The fraction of sp³-hybridized carbons (Fsp3) is 0. The van der Waals surface area contributed by atoms with Crippen molar-refractivity contribution in [1.82, 2.24) is 0 Å². The summed E-state index contributed by atoms with van der Waals surface area (Å²) in [4.78, 5) is 14.3. The van der Waals surface area contributed by atoms with Crippen molar-refractivity contribution in [3.05, 3.63) is 0 Å². The van der Waals surface area contributed by atoms with Gasteiger partial charge in [0.05, 0.1) is 0 Å². The molecule has 0 saturated carbocycles. The van der Waals surface area contributed by atoms with Crippen molar-refractivity contribution in [3.63, 3.8) is 0 Å². The molecular formula is H5Na2O3P. The Kier molecular flexibility index (Phi) is 26.7. The van der Waals surface area contributed by atoms with Gasteiger partial charge in [-0.1, -0.05) is 0 Å². The van der Waals surface area contributed by atoms with Crippen LogP contribution in [0.3, 0.4) is 0 Å². The van der Waals surface area contributed by atoms with E-state index in [1.165, 1.54) is 0 Å². The van der Waals surface area contributed by atoms with Crippen LogP contribution in [0.2, 0.25) is 0 Å². The third-order valence-electron chi connectivity index (χ3n) is 0. The van der Waals surface area contributed by atoms with Crippen molar-refractivity contribution in [2.24, 2.45) is 0 Å². The first-order valence-corrected chi connectivity index (χ1v) is 1.95. The molecule has 0 atom stereocenters. The Morgan fingerprint density at radius 2 is 1.17 bits per heavy atom. The zero-order chi connectivity index (χ0) is 3.58. The van der Waals surface area contributed by atoms with E-state index in [2.05, 4.69) is 0 Å². The van der Waals surface area contributed by atoms with Gasteiger partial charge >= 0.3 is 67.4 Å². The number of hydrogen-bond acceptors (Lipinski definition) is 1. The Hall–Kier alpha value is 2.15. The molecule has 0 aliphatic heterocycles. The van der Waals surface area contributed by atoms with Crippen LogP contribution in [-0.4, -0.2) is 68.9 Å². The summed E-state index contributed by atoms with van der Waals surface area (Å²) in [5.41, 5.74) is 0. The Morgan fingerprint density at radius 1 is 1.17 bits per heavy atom. The van der Waals surface area contributed by atoms with E-state index in [1.54, 1.807) is 0 Å². The molecule has 0 aliphatic rings. The monoisotopic (exact) mass is 130 g/mol. The van der Waals surface area contributed by atoms with Crippen LogP contribution >= 0.6 is 8.25 Å². The fourth-order valence-electron chi connectivity index (χ4n) is 0. The van der Waals surface area contributed by atoms with Crippen LogP contribution in [-0.2, 0) is 4.57 Å². The van der Waals surface area contributed by atoms with Gasteiger partial charge in [-0.05, 0) is 0 Å². The summed E-state index contributed by atoms with van der Waals surface area (Å²) in [7, 11) is -3.13. The van der Waals surface area contributed by atoms with Crippen molar-refractivity contribution < 1.29 is 14.4 Å². The Morgan fingerprint density at radius 3 is 1.17 bits per heavy atom. The van der Waals surface area contributed by atoms with Gasteiger partial charge in [0.2, 0.25) is 0 Å². The van der Waals surface area contributed by atoms with Crippen LogP contribution in [0.15, 0.2) is 0 Å².